The average Bonchev–Trinajstić information content (AvgIpc) is 2.56. The molecule has 8 nitrogen and oxygen atoms in total. The summed E-state index contributed by atoms with van der Waals surface area (Å²) in [5, 5.41) is 49.4. The number of aliphatic hydroxyl groups excluding tert-OH is 4. The van der Waals surface area contributed by atoms with Crippen LogP contribution in [0.4, 0.5) is 0 Å². The summed E-state index contributed by atoms with van der Waals surface area (Å²) < 4.78 is 16.0. The second kappa shape index (κ2) is 7.37. The van der Waals surface area contributed by atoms with Gasteiger partial charge in [0.15, 0.2) is 6.29 Å². The maximum Gasteiger partial charge on any atom is 0.219 e. The van der Waals surface area contributed by atoms with Crippen molar-refractivity contribution < 1.29 is 39.7 Å². The van der Waals surface area contributed by atoms with Gasteiger partial charge >= 0.3 is 0 Å². The first kappa shape index (κ1) is 18.5. The van der Waals surface area contributed by atoms with E-state index in [0.29, 0.717) is 12.0 Å². The number of aliphatic hydroxyl groups is 5. The molecule has 7 atom stereocenters. The third-order valence-corrected chi connectivity index (χ3v) is 4.25. The van der Waals surface area contributed by atoms with Crippen LogP contribution in [0.2, 0.25) is 0 Å². The topological polar surface area (TPSA) is 129 Å². The van der Waals surface area contributed by atoms with Gasteiger partial charge in [0.1, 0.15) is 30.5 Å². The Morgan fingerprint density at radius 1 is 1.22 bits per heavy atom. The van der Waals surface area contributed by atoms with E-state index in [1.807, 2.05) is 6.92 Å². The van der Waals surface area contributed by atoms with Gasteiger partial charge < -0.3 is 39.7 Å². The molecule has 0 saturated carbocycles. The van der Waals surface area contributed by atoms with Gasteiger partial charge in [-0.3, -0.25) is 0 Å². The van der Waals surface area contributed by atoms with E-state index >= 15 is 0 Å². The zero-order valence-electron chi connectivity index (χ0n) is 13.1. The van der Waals surface area contributed by atoms with E-state index in [0.717, 1.165) is 0 Å². The molecule has 1 aliphatic carbocycles. The Morgan fingerprint density at radius 2 is 1.91 bits per heavy atom. The van der Waals surface area contributed by atoms with E-state index < -0.39 is 49.2 Å². The maximum absolute atomic E-state index is 10.7. The molecule has 0 amide bonds. The van der Waals surface area contributed by atoms with Gasteiger partial charge in [0, 0.05) is 7.11 Å². The standard InChI is InChI=1S/C15H24O8/c1-3-8-5-4-6-10(15(8,20)21-2)23-14-13(19)12(18)11(17)9(7-16)22-14/h4-6,9-14,16-20H,3,7H2,1-2H3/t9-,10?,11-,12+,13-,14+,15?/m1/s1. The van der Waals surface area contributed by atoms with Crippen LogP contribution in [0, 0.1) is 0 Å². The van der Waals surface area contributed by atoms with Gasteiger partial charge in [0.25, 0.3) is 0 Å². The number of ether oxygens (including phenoxy) is 3. The van der Waals surface area contributed by atoms with Crippen LogP contribution < -0.4 is 0 Å². The molecule has 0 spiro atoms. The third kappa shape index (κ3) is 3.35. The van der Waals surface area contributed by atoms with Crippen LogP contribution in [0.1, 0.15) is 13.3 Å². The smallest absolute Gasteiger partial charge is 0.219 e. The average molecular weight is 332 g/mol. The predicted molar refractivity (Wildman–Crippen MR) is 78.1 cm³/mol. The quantitative estimate of drug-likeness (QED) is 0.381. The number of hydrogen-bond acceptors (Lipinski definition) is 8. The molecule has 0 aromatic heterocycles. The largest absolute Gasteiger partial charge is 0.394 e. The van der Waals surface area contributed by atoms with Crippen LogP contribution >= 0.6 is 0 Å². The first-order valence-electron chi connectivity index (χ1n) is 7.50. The van der Waals surface area contributed by atoms with Crippen LogP contribution in [-0.2, 0) is 14.2 Å². The van der Waals surface area contributed by atoms with Crippen molar-refractivity contribution in [1.82, 2.24) is 0 Å². The van der Waals surface area contributed by atoms with Gasteiger partial charge in [0.2, 0.25) is 5.79 Å². The number of allylic oxidation sites excluding steroid dienone is 2. The normalized spacial score (nSPS) is 44.2. The summed E-state index contributed by atoms with van der Waals surface area (Å²) in [5.74, 6) is -1.73. The van der Waals surface area contributed by atoms with Gasteiger partial charge in [-0.05, 0) is 12.0 Å². The van der Waals surface area contributed by atoms with Crippen molar-refractivity contribution in [1.29, 1.82) is 0 Å². The molecule has 1 aliphatic heterocycles. The lowest BCUT2D eigenvalue weighted by atomic mass is 9.92. The summed E-state index contributed by atoms with van der Waals surface area (Å²) >= 11 is 0. The van der Waals surface area contributed by atoms with E-state index in [4.69, 9.17) is 14.2 Å². The first-order chi connectivity index (χ1) is 10.9. The Balaban J connectivity index is 2.17. The third-order valence-electron chi connectivity index (χ3n) is 4.25. The lowest BCUT2D eigenvalue weighted by molar-refractivity contribution is -0.333. The van der Waals surface area contributed by atoms with E-state index in [1.54, 1.807) is 12.2 Å². The van der Waals surface area contributed by atoms with Crippen LogP contribution in [0.15, 0.2) is 23.8 Å². The van der Waals surface area contributed by atoms with Gasteiger partial charge in [-0.2, -0.15) is 0 Å². The monoisotopic (exact) mass is 332 g/mol. The fourth-order valence-corrected chi connectivity index (χ4v) is 2.79. The van der Waals surface area contributed by atoms with Crippen molar-refractivity contribution in [3.8, 4) is 0 Å². The molecule has 1 saturated heterocycles. The zero-order chi connectivity index (χ0) is 17.2. The molecule has 132 valence electrons. The van der Waals surface area contributed by atoms with Crippen molar-refractivity contribution in [3.63, 3.8) is 0 Å². The zero-order valence-corrected chi connectivity index (χ0v) is 13.1. The minimum atomic E-state index is -1.73. The van der Waals surface area contributed by atoms with Crippen molar-refractivity contribution in [2.45, 2.75) is 55.9 Å². The summed E-state index contributed by atoms with van der Waals surface area (Å²) in [6.07, 6.45) is -2.54. The van der Waals surface area contributed by atoms with Crippen molar-refractivity contribution in [2.75, 3.05) is 13.7 Å². The highest BCUT2D eigenvalue weighted by molar-refractivity contribution is 5.29. The summed E-state index contributed by atoms with van der Waals surface area (Å²) in [6, 6.07) is 0. The molecule has 0 aromatic rings. The predicted octanol–water partition coefficient (Wildman–Crippen LogP) is -1.59. The van der Waals surface area contributed by atoms with E-state index in [9.17, 15) is 25.5 Å². The Morgan fingerprint density at radius 3 is 2.48 bits per heavy atom. The molecule has 0 radical (unpaired) electrons. The molecule has 0 aromatic carbocycles. The van der Waals surface area contributed by atoms with E-state index in [2.05, 4.69) is 0 Å². The lowest BCUT2D eigenvalue weighted by Gasteiger charge is -2.43. The van der Waals surface area contributed by atoms with E-state index in [-0.39, 0.29) is 0 Å². The molecule has 0 bridgehead atoms. The molecule has 2 unspecified atom stereocenters. The highest BCUT2D eigenvalue weighted by Crippen LogP contribution is 2.33. The molecule has 23 heavy (non-hydrogen) atoms. The fourth-order valence-electron chi connectivity index (χ4n) is 2.79. The number of hydrogen-bond donors (Lipinski definition) is 5. The Hall–Kier alpha value is -0.840. The Kier molecular flexibility index (Phi) is 5.93. The molecular formula is C15H24O8. The molecule has 8 heteroatoms. The van der Waals surface area contributed by atoms with Crippen LogP contribution in [-0.4, -0.2) is 81.8 Å². The Bertz CT molecular complexity index is 462. The Labute approximate surface area is 134 Å². The minimum Gasteiger partial charge on any atom is -0.394 e. The first-order valence-corrected chi connectivity index (χ1v) is 7.50. The van der Waals surface area contributed by atoms with Crippen LogP contribution in [0.5, 0.6) is 0 Å². The van der Waals surface area contributed by atoms with Crippen molar-refractivity contribution >= 4 is 0 Å². The molecule has 2 aliphatic rings. The van der Waals surface area contributed by atoms with E-state index in [1.165, 1.54) is 13.2 Å². The van der Waals surface area contributed by atoms with Crippen molar-refractivity contribution in [2.24, 2.45) is 0 Å². The summed E-state index contributed by atoms with van der Waals surface area (Å²) in [7, 11) is 1.33. The molecule has 2 rings (SSSR count). The molecular weight excluding hydrogens is 308 g/mol. The second-order valence-corrected chi connectivity index (χ2v) is 5.58. The van der Waals surface area contributed by atoms with Gasteiger partial charge in [-0.15, -0.1) is 0 Å². The molecule has 1 heterocycles. The summed E-state index contributed by atoms with van der Waals surface area (Å²) in [4.78, 5) is 0. The molecule has 5 N–H and O–H groups in total. The van der Waals surface area contributed by atoms with Crippen molar-refractivity contribution in [3.05, 3.63) is 23.8 Å². The number of methoxy groups -OCH3 is 1. The van der Waals surface area contributed by atoms with Gasteiger partial charge in [-0.25, -0.2) is 0 Å². The highest BCUT2D eigenvalue weighted by Gasteiger charge is 2.48. The SMILES string of the molecule is CCC1=CC=CC(O[C@@H]2O[C@H](CO)[C@@H](O)[C@H](O)[C@H]2O)C1(O)OC. The van der Waals surface area contributed by atoms with Gasteiger partial charge in [0.05, 0.1) is 6.61 Å². The minimum absolute atomic E-state index is 0.517. The molecule has 1 fully saturated rings. The fraction of sp³-hybridized carbons (Fsp3) is 0.733. The summed E-state index contributed by atoms with van der Waals surface area (Å²) in [6.45, 7) is 1.29. The second-order valence-electron chi connectivity index (χ2n) is 5.58. The van der Waals surface area contributed by atoms with Crippen LogP contribution in [0.3, 0.4) is 0 Å². The lowest BCUT2D eigenvalue weighted by Crippen LogP contribution is -2.61. The maximum atomic E-state index is 10.7. The number of rotatable bonds is 5. The van der Waals surface area contributed by atoms with Gasteiger partial charge in [-0.1, -0.05) is 25.2 Å². The highest BCUT2D eigenvalue weighted by atomic mass is 16.7. The summed E-state index contributed by atoms with van der Waals surface area (Å²) in [5.41, 5.74) is 0.581. The van der Waals surface area contributed by atoms with Crippen LogP contribution in [0.25, 0.3) is 0 Å².